The summed E-state index contributed by atoms with van der Waals surface area (Å²) in [7, 11) is 0. The smallest absolute Gasteiger partial charge is 0.136 e. The number of hydrogen-bond donors (Lipinski definition) is 0. The Morgan fingerprint density at radius 3 is 0.667 bits per heavy atom. The zero-order chi connectivity index (χ0) is 96.2. The molecule has 0 saturated carbocycles. The highest BCUT2D eigenvalue weighted by Gasteiger charge is 2.29. The van der Waals surface area contributed by atoms with E-state index in [9.17, 15) is 0 Å². The normalized spacial score (nSPS) is 12.1. The van der Waals surface area contributed by atoms with Gasteiger partial charge in [-0.15, -0.1) is 0 Å². The molecule has 30 aromatic carbocycles. The number of benzene rings is 30. The molecule has 678 valence electrons. The standard InChI is InChI=1S/3C48H28O/c1-2-16-33-30(12-1)27-41(35-18-4-3-17-34(33)35)29-13-9-14-31(26-29)45-36-19-5-7-21-38(36)47(39-22-8-6-20-37(39)45)42-28-32-15-10-24-43-46(32)48-40(42)23-11-25-44(48)49-43;1-2-13-33-31(11-1)27-41(35-15-4-3-14-34(33)35)29-23-25-30(26-24-29)45-36-16-5-7-18-38(36)47(39-19-8-6-17-37(39)45)42-28-32-12-9-21-43-46(32)48-40(42)20-10-22-44(48)49-43;1-2-15-31-29(13-1)27-41(33-17-4-3-16-32(31)33)34-18-5-6-19-35(34)46-36-20-7-9-22-38(36)47(39-23-10-8-21-37(39)46)42-28-30-14-11-25-43-45(30)48-40(42)24-12-26-44(48)49-43/h3*1-28H. The van der Waals surface area contributed by atoms with Crippen LogP contribution in [-0.4, -0.2) is 0 Å². The molecule has 0 saturated heterocycles. The average Bonchev–Trinajstić information content (AvgIpc) is 1.68. The molecule has 0 N–H and O–H groups in total. The Morgan fingerprint density at radius 1 is 0.0952 bits per heavy atom. The van der Waals surface area contributed by atoms with E-state index < -0.39 is 0 Å². The van der Waals surface area contributed by atoms with E-state index in [2.05, 4.69) is 510 Å². The van der Waals surface area contributed by atoms with E-state index in [-0.39, 0.29) is 0 Å². The van der Waals surface area contributed by atoms with Gasteiger partial charge in [0.25, 0.3) is 0 Å². The van der Waals surface area contributed by atoms with Crippen molar-refractivity contribution in [2.75, 3.05) is 0 Å². The molecule has 0 amide bonds. The van der Waals surface area contributed by atoms with E-state index in [1.807, 2.05) is 0 Å². The molecule has 0 aliphatic carbocycles. The lowest BCUT2D eigenvalue weighted by atomic mass is 9.82. The van der Waals surface area contributed by atoms with Crippen molar-refractivity contribution < 1.29 is 13.3 Å². The Kier molecular flexibility index (Phi) is 18.3. The first kappa shape index (κ1) is 82.4. The largest absolute Gasteiger partial charge is 0.456 e. The second kappa shape index (κ2) is 32.6. The van der Waals surface area contributed by atoms with Crippen molar-refractivity contribution in [2.45, 2.75) is 0 Å². The molecule has 33 rings (SSSR count). The third-order valence-corrected chi connectivity index (χ3v) is 31.8. The fourth-order valence-corrected chi connectivity index (χ4v) is 25.7. The van der Waals surface area contributed by atoms with Crippen LogP contribution in [0.1, 0.15) is 0 Å². The van der Waals surface area contributed by atoms with E-state index in [0.717, 1.165) is 33.5 Å². The van der Waals surface area contributed by atoms with Gasteiger partial charge in [-0.2, -0.15) is 0 Å². The molecular formula is C144H84O3. The predicted octanol–water partition coefficient (Wildman–Crippen LogP) is 41.4. The van der Waals surface area contributed by atoms with Gasteiger partial charge in [-0.3, -0.25) is 0 Å². The lowest BCUT2D eigenvalue weighted by Crippen LogP contribution is -1.94. The van der Waals surface area contributed by atoms with Crippen LogP contribution in [0.3, 0.4) is 0 Å². The van der Waals surface area contributed by atoms with Crippen LogP contribution in [0.2, 0.25) is 0 Å². The van der Waals surface area contributed by atoms with Crippen LogP contribution >= 0.6 is 0 Å². The van der Waals surface area contributed by atoms with Crippen LogP contribution in [-0.2, 0) is 0 Å². The molecule has 0 spiro atoms. The molecule has 33 aromatic rings. The fourth-order valence-electron chi connectivity index (χ4n) is 25.7. The fraction of sp³-hybridized carbons (Fsp3) is 0. The number of fused-ring (bicyclic) bond motifs is 15. The summed E-state index contributed by atoms with van der Waals surface area (Å²) in [5, 5.41) is 44.9. The SMILES string of the molecule is c1cc(-c2c3ccccc3c(-c3cc4cccc5oc6cccc3c6c45)c3ccccc23)cc(-c2cc3ccccc3c3ccccc23)c1.c1ccc(-c2cc3ccccc3c3ccccc23)c(-c2c3ccccc3c(-c3cc4cccc5oc6cccc3c6c45)c3ccccc23)c1.c1ccc2c(c1)cc(-c1ccc(-c3c4ccccc4c(-c4cc5cccc6oc7cccc4c7c56)c4ccccc34)cc1)c1ccccc12. The summed E-state index contributed by atoms with van der Waals surface area (Å²) in [6.45, 7) is 0. The molecule has 0 atom stereocenters. The highest BCUT2D eigenvalue weighted by atomic mass is 16.3. The minimum Gasteiger partial charge on any atom is -0.456 e. The summed E-state index contributed by atoms with van der Waals surface area (Å²) in [5.41, 5.74) is 28.1. The van der Waals surface area contributed by atoms with E-state index in [0.29, 0.717) is 0 Å². The summed E-state index contributed by atoms with van der Waals surface area (Å²) >= 11 is 0. The Balaban J connectivity index is 0.0000000999. The van der Waals surface area contributed by atoms with Crippen molar-refractivity contribution >= 4 is 227 Å². The van der Waals surface area contributed by atoms with E-state index >= 15 is 0 Å². The molecule has 3 heterocycles. The highest BCUT2D eigenvalue weighted by Crippen LogP contribution is 2.56. The van der Waals surface area contributed by atoms with Gasteiger partial charge in [0.05, 0.1) is 0 Å². The molecule has 147 heavy (non-hydrogen) atoms. The zero-order valence-corrected chi connectivity index (χ0v) is 79.7. The number of rotatable bonds is 9. The lowest BCUT2D eigenvalue weighted by Gasteiger charge is -2.21. The Morgan fingerprint density at radius 2 is 0.313 bits per heavy atom. The quantitative estimate of drug-likeness (QED) is 0.107. The molecule has 0 aliphatic rings. The molecule has 0 unspecified atom stereocenters. The van der Waals surface area contributed by atoms with Crippen molar-refractivity contribution in [3.8, 4) is 100 Å². The van der Waals surface area contributed by atoms with Crippen LogP contribution in [0.15, 0.2) is 523 Å². The third kappa shape index (κ3) is 12.6. The summed E-state index contributed by atoms with van der Waals surface area (Å²) in [6.07, 6.45) is 0. The van der Waals surface area contributed by atoms with Crippen molar-refractivity contribution in [1.29, 1.82) is 0 Å². The average molecular weight is 1860 g/mol. The van der Waals surface area contributed by atoms with Crippen molar-refractivity contribution in [3.05, 3.63) is 510 Å². The van der Waals surface area contributed by atoms with Gasteiger partial charge in [0.15, 0.2) is 0 Å². The first-order valence-corrected chi connectivity index (χ1v) is 50.8. The maximum atomic E-state index is 6.37. The Bertz CT molecular complexity index is 11100. The number of hydrogen-bond acceptors (Lipinski definition) is 3. The third-order valence-electron chi connectivity index (χ3n) is 31.8. The Hall–Kier alpha value is -19.3. The van der Waals surface area contributed by atoms with Gasteiger partial charge < -0.3 is 13.3 Å². The summed E-state index contributed by atoms with van der Waals surface area (Å²) in [5.74, 6) is 0. The zero-order valence-electron chi connectivity index (χ0n) is 79.7. The van der Waals surface area contributed by atoms with Crippen LogP contribution in [0, 0.1) is 0 Å². The van der Waals surface area contributed by atoms with Gasteiger partial charge in [-0.1, -0.05) is 431 Å². The van der Waals surface area contributed by atoms with Crippen LogP contribution in [0.4, 0.5) is 0 Å². The summed E-state index contributed by atoms with van der Waals surface area (Å²) < 4.78 is 19.1. The van der Waals surface area contributed by atoms with Crippen LogP contribution in [0.25, 0.3) is 328 Å². The summed E-state index contributed by atoms with van der Waals surface area (Å²) in [6, 6.07) is 186. The molecule has 3 nitrogen and oxygen atoms in total. The van der Waals surface area contributed by atoms with Gasteiger partial charge in [-0.05, 0) is 341 Å². The van der Waals surface area contributed by atoms with E-state index in [1.165, 1.54) is 294 Å². The Labute approximate surface area is 844 Å². The monoisotopic (exact) mass is 1860 g/mol. The molecule has 0 radical (unpaired) electrons. The number of furan rings is 3. The molecular weight excluding hydrogens is 1780 g/mol. The second-order valence-electron chi connectivity index (χ2n) is 39.5. The second-order valence-corrected chi connectivity index (χ2v) is 39.5. The van der Waals surface area contributed by atoms with Crippen molar-refractivity contribution in [2.24, 2.45) is 0 Å². The van der Waals surface area contributed by atoms with Gasteiger partial charge in [-0.25, -0.2) is 0 Å². The maximum Gasteiger partial charge on any atom is 0.136 e. The molecule has 0 fully saturated rings. The predicted molar refractivity (Wildman–Crippen MR) is 626 cm³/mol. The lowest BCUT2D eigenvalue weighted by molar-refractivity contribution is 0.669. The maximum absolute atomic E-state index is 6.37. The first-order valence-electron chi connectivity index (χ1n) is 50.8. The molecule has 0 bridgehead atoms. The van der Waals surface area contributed by atoms with Crippen LogP contribution < -0.4 is 0 Å². The van der Waals surface area contributed by atoms with Gasteiger partial charge >= 0.3 is 0 Å². The topological polar surface area (TPSA) is 39.4 Å². The minimum atomic E-state index is 0.937. The summed E-state index contributed by atoms with van der Waals surface area (Å²) in [4.78, 5) is 0. The van der Waals surface area contributed by atoms with E-state index in [1.54, 1.807) is 0 Å². The molecule has 0 aliphatic heterocycles. The van der Waals surface area contributed by atoms with Gasteiger partial charge in [0.1, 0.15) is 33.5 Å². The van der Waals surface area contributed by atoms with Crippen molar-refractivity contribution in [1.82, 2.24) is 0 Å². The van der Waals surface area contributed by atoms with E-state index in [4.69, 9.17) is 13.3 Å². The minimum absolute atomic E-state index is 0.937. The first-order chi connectivity index (χ1) is 73.0. The highest BCUT2D eigenvalue weighted by molar-refractivity contribution is 6.35. The van der Waals surface area contributed by atoms with Crippen LogP contribution in [0.5, 0.6) is 0 Å². The molecule has 3 aromatic heterocycles. The van der Waals surface area contributed by atoms with Gasteiger partial charge in [0, 0.05) is 32.3 Å². The molecule has 3 heteroatoms. The van der Waals surface area contributed by atoms with Gasteiger partial charge in [0.2, 0.25) is 0 Å². The van der Waals surface area contributed by atoms with Crippen molar-refractivity contribution in [3.63, 3.8) is 0 Å².